The van der Waals surface area contributed by atoms with Gasteiger partial charge in [0.25, 0.3) is 0 Å². The second kappa shape index (κ2) is 5.76. The van der Waals surface area contributed by atoms with Gasteiger partial charge in [0.2, 0.25) is 5.95 Å². The van der Waals surface area contributed by atoms with Crippen LogP contribution in [0.5, 0.6) is 0 Å². The molecule has 0 unspecified atom stereocenters. The molecule has 5 heteroatoms. The molecule has 3 rings (SSSR count). The Morgan fingerprint density at radius 1 is 1.19 bits per heavy atom. The maximum atomic E-state index is 14.1. The lowest BCUT2D eigenvalue weighted by Gasteiger charge is -2.47. The molecule has 2 heterocycles. The van der Waals surface area contributed by atoms with Gasteiger partial charge in [-0.25, -0.2) is 14.4 Å². The van der Waals surface area contributed by atoms with Crippen molar-refractivity contribution in [3.63, 3.8) is 0 Å². The smallest absolute Gasteiger partial charge is 0.222 e. The second-order valence-corrected chi connectivity index (χ2v) is 5.72. The summed E-state index contributed by atoms with van der Waals surface area (Å²) in [5.74, 6) is 1.00. The van der Waals surface area contributed by atoms with Gasteiger partial charge in [-0.3, -0.25) is 4.98 Å². The van der Waals surface area contributed by atoms with Gasteiger partial charge in [-0.05, 0) is 37.0 Å². The monoisotopic (exact) mass is 286 g/mol. The molecule has 0 bridgehead atoms. The molecule has 110 valence electrons. The SMILES string of the molecule is CCC1CC(CNc2ncccn2)(c2ncccc2F)C1. The zero-order valence-electron chi connectivity index (χ0n) is 12.1. The maximum Gasteiger partial charge on any atom is 0.222 e. The highest BCUT2D eigenvalue weighted by Crippen LogP contribution is 2.49. The van der Waals surface area contributed by atoms with E-state index in [-0.39, 0.29) is 11.2 Å². The molecule has 2 aromatic heterocycles. The molecule has 0 saturated heterocycles. The van der Waals surface area contributed by atoms with Gasteiger partial charge in [0, 0.05) is 30.6 Å². The Kier molecular flexibility index (Phi) is 3.82. The highest BCUT2D eigenvalue weighted by molar-refractivity contribution is 5.31. The molecule has 0 aromatic carbocycles. The predicted molar refractivity (Wildman–Crippen MR) is 79.4 cm³/mol. The lowest BCUT2D eigenvalue weighted by Crippen LogP contribution is -2.47. The Hall–Kier alpha value is -2.04. The van der Waals surface area contributed by atoms with Crippen molar-refractivity contribution in [3.05, 3.63) is 48.3 Å². The first-order valence-electron chi connectivity index (χ1n) is 7.35. The van der Waals surface area contributed by atoms with E-state index >= 15 is 0 Å². The van der Waals surface area contributed by atoms with Crippen LogP contribution in [0.15, 0.2) is 36.8 Å². The van der Waals surface area contributed by atoms with Crippen LogP contribution in [-0.4, -0.2) is 21.5 Å². The number of nitrogens with one attached hydrogen (secondary N) is 1. The van der Waals surface area contributed by atoms with Crippen molar-refractivity contribution in [2.75, 3.05) is 11.9 Å². The van der Waals surface area contributed by atoms with E-state index in [9.17, 15) is 4.39 Å². The highest BCUT2D eigenvalue weighted by Gasteiger charge is 2.47. The zero-order chi connectivity index (χ0) is 14.7. The molecule has 1 aliphatic rings. The van der Waals surface area contributed by atoms with Crippen molar-refractivity contribution < 1.29 is 4.39 Å². The van der Waals surface area contributed by atoms with Crippen LogP contribution in [0.4, 0.5) is 10.3 Å². The number of aromatic nitrogens is 3. The van der Waals surface area contributed by atoms with Gasteiger partial charge in [-0.2, -0.15) is 0 Å². The van der Waals surface area contributed by atoms with Crippen LogP contribution in [-0.2, 0) is 5.41 Å². The minimum atomic E-state index is -0.245. The third-order valence-corrected chi connectivity index (χ3v) is 4.35. The molecular weight excluding hydrogens is 267 g/mol. The third-order valence-electron chi connectivity index (χ3n) is 4.35. The summed E-state index contributed by atoms with van der Waals surface area (Å²) >= 11 is 0. The van der Waals surface area contributed by atoms with Crippen molar-refractivity contribution in [2.45, 2.75) is 31.6 Å². The molecule has 1 aliphatic carbocycles. The first-order valence-corrected chi connectivity index (χ1v) is 7.35. The lowest BCUT2D eigenvalue weighted by molar-refractivity contribution is 0.139. The second-order valence-electron chi connectivity index (χ2n) is 5.72. The van der Waals surface area contributed by atoms with E-state index in [1.165, 1.54) is 6.07 Å². The fourth-order valence-electron chi connectivity index (χ4n) is 3.17. The number of nitrogens with zero attached hydrogens (tertiary/aromatic N) is 3. The highest BCUT2D eigenvalue weighted by atomic mass is 19.1. The normalized spacial score (nSPS) is 24.4. The molecule has 1 N–H and O–H groups in total. The molecule has 4 nitrogen and oxygen atoms in total. The number of anilines is 1. The van der Waals surface area contributed by atoms with E-state index in [4.69, 9.17) is 0 Å². The number of halogens is 1. The van der Waals surface area contributed by atoms with Gasteiger partial charge in [-0.1, -0.05) is 13.3 Å². The average molecular weight is 286 g/mol. The van der Waals surface area contributed by atoms with Crippen molar-refractivity contribution in [2.24, 2.45) is 5.92 Å². The fraction of sp³-hybridized carbons (Fsp3) is 0.438. The largest absolute Gasteiger partial charge is 0.353 e. The number of pyridine rings is 1. The van der Waals surface area contributed by atoms with Gasteiger partial charge in [0.1, 0.15) is 5.82 Å². The van der Waals surface area contributed by atoms with Crippen LogP contribution in [0.3, 0.4) is 0 Å². The number of rotatable bonds is 5. The van der Waals surface area contributed by atoms with Crippen LogP contribution in [0.2, 0.25) is 0 Å². The number of hydrogen-bond donors (Lipinski definition) is 1. The van der Waals surface area contributed by atoms with Crippen molar-refractivity contribution >= 4 is 5.95 Å². The molecule has 21 heavy (non-hydrogen) atoms. The summed E-state index contributed by atoms with van der Waals surface area (Å²) in [7, 11) is 0. The zero-order valence-corrected chi connectivity index (χ0v) is 12.1. The van der Waals surface area contributed by atoms with Gasteiger partial charge in [0.05, 0.1) is 5.69 Å². The Morgan fingerprint density at radius 3 is 2.57 bits per heavy atom. The van der Waals surface area contributed by atoms with E-state index in [0.717, 1.165) is 19.3 Å². The van der Waals surface area contributed by atoms with Gasteiger partial charge in [-0.15, -0.1) is 0 Å². The molecule has 0 amide bonds. The van der Waals surface area contributed by atoms with Gasteiger partial charge in [0.15, 0.2) is 0 Å². The van der Waals surface area contributed by atoms with Crippen LogP contribution in [0.1, 0.15) is 31.9 Å². The quantitative estimate of drug-likeness (QED) is 0.917. The summed E-state index contributed by atoms with van der Waals surface area (Å²) in [5.41, 5.74) is 0.323. The van der Waals surface area contributed by atoms with Crippen molar-refractivity contribution in [1.82, 2.24) is 15.0 Å². The summed E-state index contributed by atoms with van der Waals surface area (Å²) in [6, 6.07) is 4.90. The summed E-state index contributed by atoms with van der Waals surface area (Å²) in [4.78, 5) is 12.6. The molecular formula is C16H19FN4. The maximum absolute atomic E-state index is 14.1. The molecule has 1 saturated carbocycles. The van der Waals surface area contributed by atoms with Gasteiger partial charge >= 0.3 is 0 Å². The van der Waals surface area contributed by atoms with Crippen LogP contribution >= 0.6 is 0 Å². The van der Waals surface area contributed by atoms with Crippen molar-refractivity contribution in [1.29, 1.82) is 0 Å². The van der Waals surface area contributed by atoms with E-state index in [0.29, 0.717) is 24.1 Å². The van der Waals surface area contributed by atoms with E-state index in [1.54, 1.807) is 30.7 Å². The minimum absolute atomic E-state index is 0.220. The molecule has 0 radical (unpaired) electrons. The molecule has 0 spiro atoms. The van der Waals surface area contributed by atoms with Crippen LogP contribution in [0.25, 0.3) is 0 Å². The van der Waals surface area contributed by atoms with E-state index < -0.39 is 0 Å². The third kappa shape index (κ3) is 2.73. The Labute approximate surface area is 123 Å². The Balaban J connectivity index is 1.80. The first-order chi connectivity index (χ1) is 10.2. The molecule has 0 atom stereocenters. The first kappa shape index (κ1) is 13.9. The van der Waals surface area contributed by atoms with Crippen LogP contribution < -0.4 is 5.32 Å². The average Bonchev–Trinajstić information content (AvgIpc) is 2.49. The summed E-state index contributed by atoms with van der Waals surface area (Å²) in [5, 5.41) is 3.23. The van der Waals surface area contributed by atoms with Crippen molar-refractivity contribution in [3.8, 4) is 0 Å². The van der Waals surface area contributed by atoms with Gasteiger partial charge < -0.3 is 5.32 Å². The standard InChI is InChI=1S/C16H19FN4/c1-2-12-9-16(10-12,14-13(17)5-3-6-18-14)11-21-15-19-7-4-8-20-15/h3-8,12H,2,9-11H2,1H3,(H,19,20,21). The molecule has 2 aromatic rings. The minimum Gasteiger partial charge on any atom is -0.353 e. The summed E-state index contributed by atoms with van der Waals surface area (Å²) in [6.45, 7) is 2.79. The van der Waals surface area contributed by atoms with E-state index in [1.807, 2.05) is 0 Å². The fourth-order valence-corrected chi connectivity index (χ4v) is 3.17. The molecule has 1 fully saturated rings. The van der Waals surface area contributed by atoms with E-state index in [2.05, 4.69) is 27.2 Å². The predicted octanol–water partition coefficient (Wildman–Crippen LogP) is 3.18. The summed E-state index contributed by atoms with van der Waals surface area (Å²) in [6.07, 6.45) is 8.09. The lowest BCUT2D eigenvalue weighted by atomic mass is 9.59. The topological polar surface area (TPSA) is 50.7 Å². The summed E-state index contributed by atoms with van der Waals surface area (Å²) < 4.78 is 14.1. The Bertz CT molecular complexity index is 596. The Morgan fingerprint density at radius 2 is 1.90 bits per heavy atom. The molecule has 0 aliphatic heterocycles. The number of hydrogen-bond acceptors (Lipinski definition) is 4. The van der Waals surface area contributed by atoms with Crippen LogP contribution in [0, 0.1) is 11.7 Å².